The van der Waals surface area contributed by atoms with Gasteiger partial charge >= 0.3 is 0 Å². The molecule has 0 saturated carbocycles. The number of rotatable bonds is 8. The first-order valence-electron chi connectivity index (χ1n) is 9.63. The lowest BCUT2D eigenvalue weighted by molar-refractivity contribution is 0.0858. The van der Waals surface area contributed by atoms with Gasteiger partial charge in [-0.3, -0.25) is 9.52 Å². The molecule has 2 aromatic rings. The molecule has 0 aromatic heterocycles. The average molecular weight is 419 g/mol. The van der Waals surface area contributed by atoms with Gasteiger partial charge in [-0.25, -0.2) is 8.42 Å². The predicted molar refractivity (Wildman–Crippen MR) is 111 cm³/mol. The van der Waals surface area contributed by atoms with Gasteiger partial charge in [-0.15, -0.1) is 0 Å². The monoisotopic (exact) mass is 418 g/mol. The van der Waals surface area contributed by atoms with Gasteiger partial charge in [-0.2, -0.15) is 0 Å². The van der Waals surface area contributed by atoms with Gasteiger partial charge in [0.05, 0.1) is 29.4 Å². The Morgan fingerprint density at radius 3 is 2.72 bits per heavy atom. The Kier molecular flexibility index (Phi) is 6.76. The van der Waals surface area contributed by atoms with Crippen LogP contribution in [0.5, 0.6) is 5.75 Å². The fraction of sp³-hybridized carbons (Fsp3) is 0.381. The molecule has 156 valence electrons. The second-order valence-corrected chi connectivity index (χ2v) is 8.51. The predicted octanol–water partition coefficient (Wildman–Crippen LogP) is 2.97. The van der Waals surface area contributed by atoms with Crippen LogP contribution >= 0.6 is 0 Å². The number of hydrogen-bond donors (Lipinski definition) is 2. The van der Waals surface area contributed by atoms with E-state index in [2.05, 4.69) is 10.0 Å². The van der Waals surface area contributed by atoms with E-state index in [0.29, 0.717) is 25.3 Å². The molecule has 3 rings (SSSR count). The number of carbonyl (C=O) groups is 1. The van der Waals surface area contributed by atoms with Crippen molar-refractivity contribution < 1.29 is 22.7 Å². The van der Waals surface area contributed by atoms with E-state index in [1.54, 1.807) is 43.5 Å². The van der Waals surface area contributed by atoms with E-state index in [-0.39, 0.29) is 28.2 Å². The highest BCUT2D eigenvalue weighted by molar-refractivity contribution is 7.92. The molecule has 0 radical (unpaired) electrons. The number of amides is 1. The van der Waals surface area contributed by atoms with Crippen LogP contribution in [0.3, 0.4) is 0 Å². The third-order valence-electron chi connectivity index (χ3n) is 4.87. The fourth-order valence-corrected chi connectivity index (χ4v) is 4.41. The number of anilines is 1. The fourth-order valence-electron chi connectivity index (χ4n) is 3.28. The molecule has 1 aliphatic rings. The second kappa shape index (κ2) is 9.28. The topological polar surface area (TPSA) is 93.7 Å². The van der Waals surface area contributed by atoms with Gasteiger partial charge in [-0.05, 0) is 55.2 Å². The number of para-hydroxylation sites is 1. The molecule has 1 fully saturated rings. The molecule has 1 unspecified atom stereocenters. The van der Waals surface area contributed by atoms with E-state index in [1.807, 2.05) is 6.92 Å². The zero-order valence-corrected chi connectivity index (χ0v) is 17.4. The van der Waals surface area contributed by atoms with Crippen molar-refractivity contribution in [2.45, 2.75) is 37.2 Å². The first-order valence-corrected chi connectivity index (χ1v) is 11.1. The zero-order valence-electron chi connectivity index (χ0n) is 16.6. The van der Waals surface area contributed by atoms with Gasteiger partial charge in [-0.1, -0.05) is 19.1 Å². The van der Waals surface area contributed by atoms with Crippen LogP contribution in [0.25, 0.3) is 0 Å². The van der Waals surface area contributed by atoms with Crippen LogP contribution in [0.15, 0.2) is 47.4 Å². The first-order chi connectivity index (χ1) is 13.9. The van der Waals surface area contributed by atoms with Crippen molar-refractivity contribution in [3.05, 3.63) is 53.6 Å². The number of ether oxygens (including phenoxy) is 2. The lowest BCUT2D eigenvalue weighted by Gasteiger charge is -2.15. The Hall–Kier alpha value is -2.58. The summed E-state index contributed by atoms with van der Waals surface area (Å²) in [6.07, 6.45) is 2.54. The largest absolute Gasteiger partial charge is 0.496 e. The SMILES string of the molecule is CCc1cc(S(=O)(=O)Nc2ccccc2C(=O)NCC2CCCO2)ccc1OC. The van der Waals surface area contributed by atoms with Crippen molar-refractivity contribution in [1.29, 1.82) is 0 Å². The summed E-state index contributed by atoms with van der Waals surface area (Å²) >= 11 is 0. The second-order valence-electron chi connectivity index (χ2n) is 6.82. The minimum absolute atomic E-state index is 0.00886. The summed E-state index contributed by atoms with van der Waals surface area (Å²) in [6, 6.07) is 11.2. The highest BCUT2D eigenvalue weighted by Crippen LogP contribution is 2.25. The number of nitrogens with one attached hydrogen (secondary N) is 2. The lowest BCUT2D eigenvalue weighted by atomic mass is 10.1. The van der Waals surface area contributed by atoms with Crippen molar-refractivity contribution in [2.24, 2.45) is 0 Å². The number of sulfonamides is 1. The van der Waals surface area contributed by atoms with Crippen LogP contribution in [-0.4, -0.2) is 40.7 Å². The highest BCUT2D eigenvalue weighted by atomic mass is 32.2. The molecule has 7 nitrogen and oxygen atoms in total. The Morgan fingerprint density at radius 2 is 2.03 bits per heavy atom. The number of aryl methyl sites for hydroxylation is 1. The summed E-state index contributed by atoms with van der Waals surface area (Å²) in [5.74, 6) is 0.295. The van der Waals surface area contributed by atoms with Crippen LogP contribution in [0.4, 0.5) is 5.69 Å². The molecular formula is C21H26N2O5S. The van der Waals surface area contributed by atoms with Gasteiger partial charge < -0.3 is 14.8 Å². The Morgan fingerprint density at radius 1 is 1.24 bits per heavy atom. The van der Waals surface area contributed by atoms with Gasteiger partial charge in [0.25, 0.3) is 15.9 Å². The quantitative estimate of drug-likeness (QED) is 0.687. The van der Waals surface area contributed by atoms with Crippen molar-refractivity contribution >= 4 is 21.6 Å². The van der Waals surface area contributed by atoms with E-state index in [0.717, 1.165) is 18.4 Å². The molecule has 8 heteroatoms. The van der Waals surface area contributed by atoms with E-state index >= 15 is 0 Å². The normalized spacial score (nSPS) is 16.4. The van der Waals surface area contributed by atoms with Gasteiger partial charge in [0, 0.05) is 13.2 Å². The van der Waals surface area contributed by atoms with E-state index in [4.69, 9.17) is 9.47 Å². The van der Waals surface area contributed by atoms with Crippen molar-refractivity contribution in [2.75, 3.05) is 25.0 Å². The van der Waals surface area contributed by atoms with E-state index < -0.39 is 10.0 Å². The summed E-state index contributed by atoms with van der Waals surface area (Å²) in [5, 5.41) is 2.82. The van der Waals surface area contributed by atoms with Crippen molar-refractivity contribution in [1.82, 2.24) is 5.32 Å². The number of hydrogen-bond acceptors (Lipinski definition) is 5. The Labute approximate surface area is 171 Å². The number of benzene rings is 2. The summed E-state index contributed by atoms with van der Waals surface area (Å²) in [7, 11) is -2.32. The van der Waals surface area contributed by atoms with Gasteiger partial charge in [0.15, 0.2) is 0 Å². The van der Waals surface area contributed by atoms with Crippen LogP contribution in [0, 0.1) is 0 Å². The standard InChI is InChI=1S/C21H26N2O5S/c1-3-15-13-17(10-11-20(15)27-2)29(25,26)23-19-9-5-4-8-18(19)21(24)22-14-16-7-6-12-28-16/h4-5,8-11,13,16,23H,3,6-7,12,14H2,1-2H3,(H,22,24). The maximum atomic E-state index is 12.9. The number of carbonyl (C=O) groups excluding carboxylic acids is 1. The van der Waals surface area contributed by atoms with Crippen LogP contribution in [0.1, 0.15) is 35.7 Å². The molecule has 1 saturated heterocycles. The van der Waals surface area contributed by atoms with Crippen molar-refractivity contribution in [3.8, 4) is 5.75 Å². The maximum absolute atomic E-state index is 12.9. The molecule has 29 heavy (non-hydrogen) atoms. The molecule has 0 bridgehead atoms. The number of methoxy groups -OCH3 is 1. The molecular weight excluding hydrogens is 392 g/mol. The smallest absolute Gasteiger partial charge is 0.261 e. The Bertz CT molecular complexity index is 969. The molecule has 0 aliphatic carbocycles. The molecule has 1 aliphatic heterocycles. The molecule has 1 amide bonds. The zero-order chi connectivity index (χ0) is 20.9. The third kappa shape index (κ3) is 5.07. The van der Waals surface area contributed by atoms with Crippen molar-refractivity contribution in [3.63, 3.8) is 0 Å². The summed E-state index contributed by atoms with van der Waals surface area (Å²) in [4.78, 5) is 12.7. The van der Waals surface area contributed by atoms with Crippen LogP contribution < -0.4 is 14.8 Å². The average Bonchev–Trinajstić information content (AvgIpc) is 3.25. The molecule has 0 spiro atoms. The highest BCUT2D eigenvalue weighted by Gasteiger charge is 2.21. The van der Waals surface area contributed by atoms with E-state index in [1.165, 1.54) is 6.07 Å². The minimum Gasteiger partial charge on any atom is -0.496 e. The summed E-state index contributed by atoms with van der Waals surface area (Å²) in [5.41, 5.74) is 1.28. The summed E-state index contributed by atoms with van der Waals surface area (Å²) in [6.45, 7) is 3.03. The lowest BCUT2D eigenvalue weighted by Crippen LogP contribution is -2.32. The van der Waals surface area contributed by atoms with Gasteiger partial charge in [0.1, 0.15) is 5.75 Å². The van der Waals surface area contributed by atoms with E-state index in [9.17, 15) is 13.2 Å². The van der Waals surface area contributed by atoms with Crippen LogP contribution in [-0.2, 0) is 21.2 Å². The molecule has 2 aromatic carbocycles. The molecule has 2 N–H and O–H groups in total. The first kappa shape index (κ1) is 21.1. The summed E-state index contributed by atoms with van der Waals surface area (Å²) < 4.78 is 39.1. The van der Waals surface area contributed by atoms with Gasteiger partial charge in [0.2, 0.25) is 0 Å². The Balaban J connectivity index is 1.79. The molecule has 1 heterocycles. The minimum atomic E-state index is -3.87. The third-order valence-corrected chi connectivity index (χ3v) is 6.24. The van der Waals surface area contributed by atoms with Crippen LogP contribution in [0.2, 0.25) is 0 Å². The maximum Gasteiger partial charge on any atom is 0.261 e. The molecule has 1 atom stereocenters.